The van der Waals surface area contributed by atoms with Crippen LogP contribution in [0.1, 0.15) is 44.2 Å². The first-order chi connectivity index (χ1) is 18.5. The molecule has 3 heterocycles. The van der Waals surface area contributed by atoms with Crippen LogP contribution in [0, 0.1) is 5.41 Å². The minimum Gasteiger partial charge on any atom is -0.459 e. The largest absolute Gasteiger partial charge is 0.459 e. The van der Waals surface area contributed by atoms with Crippen molar-refractivity contribution in [2.24, 2.45) is 5.41 Å². The molecule has 12 heteroatoms. The summed E-state index contributed by atoms with van der Waals surface area (Å²) < 4.78 is 10.4. The molecule has 1 aliphatic carbocycles. The van der Waals surface area contributed by atoms with Crippen LogP contribution in [-0.2, 0) is 9.53 Å². The van der Waals surface area contributed by atoms with Gasteiger partial charge in [-0.15, -0.1) is 0 Å². The monoisotopic (exact) mass is 550 g/mol. The van der Waals surface area contributed by atoms with Crippen LogP contribution in [0.2, 0.25) is 5.02 Å². The normalized spacial score (nSPS) is 14.1. The summed E-state index contributed by atoms with van der Waals surface area (Å²) in [6.45, 7) is 5.52. The van der Waals surface area contributed by atoms with Crippen molar-refractivity contribution in [1.82, 2.24) is 20.3 Å². The Morgan fingerprint density at radius 3 is 2.62 bits per heavy atom. The lowest BCUT2D eigenvalue weighted by atomic mass is 10.1. The van der Waals surface area contributed by atoms with E-state index >= 15 is 0 Å². The molecule has 1 fully saturated rings. The predicted octanol–water partition coefficient (Wildman–Crippen LogP) is 5.37. The van der Waals surface area contributed by atoms with Crippen molar-refractivity contribution < 1.29 is 23.5 Å². The van der Waals surface area contributed by atoms with Gasteiger partial charge in [-0.1, -0.05) is 11.6 Å². The number of pyridine rings is 1. The summed E-state index contributed by atoms with van der Waals surface area (Å²) in [5.41, 5.74) is 1.26. The number of aromatic amines is 1. The number of imidazole rings is 1. The molecule has 4 N–H and O–H groups in total. The highest BCUT2D eigenvalue weighted by Crippen LogP contribution is 2.46. The number of rotatable bonds is 7. The Bertz CT molecular complexity index is 1550. The van der Waals surface area contributed by atoms with E-state index in [0.29, 0.717) is 51.8 Å². The number of H-pyrrole nitrogens is 1. The average Bonchev–Trinajstić information content (AvgIpc) is 3.26. The smallest absolute Gasteiger partial charge is 0.407 e. The number of amides is 3. The zero-order valence-corrected chi connectivity index (χ0v) is 22.3. The number of aromatic nitrogens is 3. The van der Waals surface area contributed by atoms with Crippen LogP contribution in [0.5, 0.6) is 0 Å². The van der Waals surface area contributed by atoms with Crippen LogP contribution < -0.4 is 16.0 Å². The molecule has 0 aliphatic heterocycles. The van der Waals surface area contributed by atoms with Crippen LogP contribution in [0.15, 0.2) is 53.3 Å². The summed E-state index contributed by atoms with van der Waals surface area (Å²) in [4.78, 5) is 49.4. The third kappa shape index (κ3) is 6.04. The van der Waals surface area contributed by atoms with Gasteiger partial charge in [0.15, 0.2) is 11.4 Å². The molecule has 3 aromatic heterocycles. The second-order valence-corrected chi connectivity index (χ2v) is 10.8. The van der Waals surface area contributed by atoms with Crippen molar-refractivity contribution in [2.75, 3.05) is 17.2 Å². The Labute approximate surface area is 228 Å². The van der Waals surface area contributed by atoms with Crippen molar-refractivity contribution >= 4 is 52.0 Å². The van der Waals surface area contributed by atoms with Crippen LogP contribution in [0.25, 0.3) is 22.6 Å². The quantitative estimate of drug-likeness (QED) is 0.241. The fraction of sp³-hybridized carbons (Fsp3) is 0.296. The Kier molecular flexibility index (Phi) is 6.77. The number of ether oxygens (including phenoxy) is 1. The molecule has 4 aromatic rings. The molecule has 0 atom stereocenters. The first-order valence-electron chi connectivity index (χ1n) is 12.3. The number of halogens is 1. The van der Waals surface area contributed by atoms with Crippen molar-refractivity contribution in [3.8, 4) is 11.4 Å². The molecule has 39 heavy (non-hydrogen) atoms. The van der Waals surface area contributed by atoms with Crippen LogP contribution in [0.4, 0.5) is 16.2 Å². The van der Waals surface area contributed by atoms with E-state index < -0.39 is 23.0 Å². The van der Waals surface area contributed by atoms with Gasteiger partial charge in [-0.2, -0.15) is 0 Å². The Hall–Kier alpha value is -4.38. The highest BCUT2D eigenvalue weighted by atomic mass is 35.5. The van der Waals surface area contributed by atoms with Crippen molar-refractivity contribution in [2.45, 2.75) is 39.2 Å². The van der Waals surface area contributed by atoms with E-state index in [0.717, 1.165) is 0 Å². The first kappa shape index (κ1) is 26.2. The first-order valence-corrected chi connectivity index (χ1v) is 12.7. The summed E-state index contributed by atoms with van der Waals surface area (Å²) in [5, 5.41) is 8.77. The molecule has 3 amide bonds. The topological polar surface area (TPSA) is 151 Å². The number of anilines is 2. The van der Waals surface area contributed by atoms with E-state index in [1.165, 1.54) is 12.5 Å². The Morgan fingerprint density at radius 1 is 1.13 bits per heavy atom. The maximum Gasteiger partial charge on any atom is 0.407 e. The lowest BCUT2D eigenvalue weighted by Crippen LogP contribution is -2.39. The van der Waals surface area contributed by atoms with E-state index in [2.05, 4.69) is 30.9 Å². The second kappa shape index (κ2) is 10.1. The maximum atomic E-state index is 13.0. The van der Waals surface area contributed by atoms with E-state index in [9.17, 15) is 14.4 Å². The number of carbonyl (C=O) groups is 3. The minimum atomic E-state index is -0.681. The summed E-state index contributed by atoms with van der Waals surface area (Å²) >= 11 is 6.43. The second-order valence-electron chi connectivity index (χ2n) is 10.4. The molecular formula is C27H27ClN6O5. The molecule has 1 aromatic carbocycles. The predicted molar refractivity (Wildman–Crippen MR) is 146 cm³/mol. The van der Waals surface area contributed by atoms with Gasteiger partial charge in [0.25, 0.3) is 5.91 Å². The van der Waals surface area contributed by atoms with E-state index in [1.54, 1.807) is 57.2 Å². The van der Waals surface area contributed by atoms with Gasteiger partial charge >= 0.3 is 6.09 Å². The van der Waals surface area contributed by atoms with E-state index in [4.69, 9.17) is 20.8 Å². The molecule has 0 spiro atoms. The molecule has 202 valence electrons. The number of furan rings is 1. The molecule has 0 saturated heterocycles. The Morgan fingerprint density at radius 2 is 1.92 bits per heavy atom. The molecule has 0 radical (unpaired) electrons. The summed E-state index contributed by atoms with van der Waals surface area (Å²) in [6, 6.07) is 9.94. The van der Waals surface area contributed by atoms with Gasteiger partial charge in [-0.25, -0.2) is 14.8 Å². The number of alkyl carbamates (subject to hydrolysis) is 1. The molecule has 5 rings (SSSR count). The van der Waals surface area contributed by atoms with Gasteiger partial charge in [-0.3, -0.25) is 9.59 Å². The zero-order valence-electron chi connectivity index (χ0n) is 21.6. The maximum absolute atomic E-state index is 13.0. The number of carbonyl (C=O) groups excluding carboxylic acids is 3. The number of nitrogens with one attached hydrogen (secondary N) is 4. The third-order valence-electron chi connectivity index (χ3n) is 6.12. The third-order valence-corrected chi connectivity index (χ3v) is 6.45. The average molecular weight is 551 g/mol. The van der Waals surface area contributed by atoms with Crippen molar-refractivity contribution in [3.05, 3.63) is 59.6 Å². The van der Waals surface area contributed by atoms with Crippen LogP contribution in [0.3, 0.4) is 0 Å². The molecule has 1 aliphatic rings. The van der Waals surface area contributed by atoms with Gasteiger partial charge in [0, 0.05) is 17.8 Å². The standard InChI is InChI=1S/C27H27ClN6O5/c1-26(2,3)39-25(37)30-14-27(8-9-27)24(36)32-16-12-19-22(29-13-16)34-21(33-19)17-11-15(6-7-18(17)28)31-23(35)20-5-4-10-38-20/h4-7,10-13H,8-9,14H2,1-3H3,(H,30,37)(H,31,35)(H,32,36)(H,29,33,34). The lowest BCUT2D eigenvalue weighted by molar-refractivity contribution is -0.120. The summed E-state index contributed by atoms with van der Waals surface area (Å²) in [5.74, 6) is 0.0278. The molecule has 0 unspecified atom stereocenters. The molecular weight excluding hydrogens is 524 g/mol. The van der Waals surface area contributed by atoms with Crippen molar-refractivity contribution in [3.63, 3.8) is 0 Å². The lowest BCUT2D eigenvalue weighted by Gasteiger charge is -2.21. The summed E-state index contributed by atoms with van der Waals surface area (Å²) in [6.07, 6.45) is 3.70. The van der Waals surface area contributed by atoms with Gasteiger partial charge in [-0.05, 0) is 70.0 Å². The van der Waals surface area contributed by atoms with E-state index in [-0.39, 0.29) is 18.2 Å². The summed E-state index contributed by atoms with van der Waals surface area (Å²) in [7, 11) is 0. The minimum absolute atomic E-state index is 0.183. The zero-order chi connectivity index (χ0) is 27.8. The fourth-order valence-electron chi connectivity index (χ4n) is 3.94. The Balaban J connectivity index is 1.28. The number of nitrogens with zero attached hydrogens (tertiary/aromatic N) is 2. The molecule has 1 saturated carbocycles. The van der Waals surface area contributed by atoms with Gasteiger partial charge in [0.2, 0.25) is 5.91 Å². The van der Waals surface area contributed by atoms with Gasteiger partial charge in [0.05, 0.1) is 34.1 Å². The van der Waals surface area contributed by atoms with Crippen LogP contribution >= 0.6 is 11.6 Å². The highest BCUT2D eigenvalue weighted by Gasteiger charge is 2.50. The molecule has 11 nitrogen and oxygen atoms in total. The molecule has 0 bridgehead atoms. The number of hydrogen-bond acceptors (Lipinski definition) is 7. The number of hydrogen-bond donors (Lipinski definition) is 4. The van der Waals surface area contributed by atoms with Gasteiger partial charge in [0.1, 0.15) is 11.4 Å². The van der Waals surface area contributed by atoms with Crippen LogP contribution in [-0.4, -0.2) is 45.0 Å². The van der Waals surface area contributed by atoms with Gasteiger partial charge < -0.3 is 30.1 Å². The number of fused-ring (bicyclic) bond motifs is 1. The SMILES string of the molecule is CC(C)(C)OC(=O)NCC1(C(=O)Nc2cnc3nc(-c4cc(NC(=O)c5ccco5)ccc4Cl)[nH]c3c2)CC1. The van der Waals surface area contributed by atoms with Crippen molar-refractivity contribution in [1.29, 1.82) is 0 Å². The fourth-order valence-corrected chi connectivity index (χ4v) is 4.14. The number of benzene rings is 1. The highest BCUT2D eigenvalue weighted by molar-refractivity contribution is 6.33. The van der Waals surface area contributed by atoms with E-state index in [1.807, 2.05) is 0 Å².